The van der Waals surface area contributed by atoms with E-state index in [1.165, 1.54) is 22.6 Å². The van der Waals surface area contributed by atoms with Crippen LogP contribution in [0.1, 0.15) is 0 Å². The van der Waals surface area contributed by atoms with Crippen molar-refractivity contribution in [1.82, 2.24) is 4.98 Å². The zero-order valence-corrected chi connectivity index (χ0v) is 9.11. The fourth-order valence-electron chi connectivity index (χ4n) is 0.630. The maximum atomic E-state index is 12.8. The van der Waals surface area contributed by atoms with E-state index in [1.807, 2.05) is 0 Å². The summed E-state index contributed by atoms with van der Waals surface area (Å²) in [4.78, 5) is 3.18. The van der Waals surface area contributed by atoms with Gasteiger partial charge in [-0.15, -0.1) is 13.2 Å². The molecule has 0 atom stereocenters. The SMILES string of the molecule is Fc1cnc(Cl)c(OC(F)(F)F)c1I. The zero-order chi connectivity index (χ0) is 10.9. The van der Waals surface area contributed by atoms with Crippen LogP contribution in [0.5, 0.6) is 5.75 Å². The van der Waals surface area contributed by atoms with Gasteiger partial charge in [0.05, 0.1) is 9.77 Å². The molecule has 0 aromatic carbocycles. The van der Waals surface area contributed by atoms with Crippen molar-refractivity contribution in [3.05, 3.63) is 20.7 Å². The summed E-state index contributed by atoms with van der Waals surface area (Å²) in [5.41, 5.74) is 0. The Morgan fingerprint density at radius 2 is 2.00 bits per heavy atom. The molecule has 1 aromatic rings. The van der Waals surface area contributed by atoms with Gasteiger partial charge in [0.15, 0.2) is 16.7 Å². The van der Waals surface area contributed by atoms with Crippen LogP contribution in [0.15, 0.2) is 6.20 Å². The van der Waals surface area contributed by atoms with Crippen LogP contribution < -0.4 is 4.74 Å². The highest BCUT2D eigenvalue weighted by Crippen LogP contribution is 2.33. The quantitative estimate of drug-likeness (QED) is 0.444. The summed E-state index contributed by atoms with van der Waals surface area (Å²) in [7, 11) is 0. The van der Waals surface area contributed by atoms with E-state index in [4.69, 9.17) is 11.6 Å². The maximum absolute atomic E-state index is 12.8. The lowest BCUT2D eigenvalue weighted by Crippen LogP contribution is -2.18. The summed E-state index contributed by atoms with van der Waals surface area (Å²) in [6.07, 6.45) is -4.20. The zero-order valence-electron chi connectivity index (χ0n) is 6.20. The van der Waals surface area contributed by atoms with Gasteiger partial charge in [-0.25, -0.2) is 9.37 Å². The highest BCUT2D eigenvalue weighted by molar-refractivity contribution is 14.1. The van der Waals surface area contributed by atoms with E-state index in [9.17, 15) is 17.6 Å². The molecular weight excluding hydrogens is 340 g/mol. The third-order valence-corrected chi connectivity index (χ3v) is 2.38. The van der Waals surface area contributed by atoms with Crippen LogP contribution in [0.4, 0.5) is 17.6 Å². The molecule has 0 fully saturated rings. The Morgan fingerprint density at radius 1 is 1.43 bits per heavy atom. The molecule has 2 nitrogen and oxygen atoms in total. The smallest absolute Gasteiger partial charge is 0.401 e. The second-order valence-corrected chi connectivity index (χ2v) is 3.52. The molecule has 1 heterocycles. The molecule has 0 saturated heterocycles. The standard InChI is InChI=1S/C6HClF4INO/c7-5-4(14-6(9,10)11)3(12)2(8)1-13-5/h1H. The van der Waals surface area contributed by atoms with Crippen LogP contribution in [0.3, 0.4) is 0 Å². The lowest BCUT2D eigenvalue weighted by molar-refractivity contribution is -0.275. The molecular formula is C6HClF4INO. The second-order valence-electron chi connectivity index (χ2n) is 2.09. The number of alkyl halides is 3. The predicted molar refractivity (Wildman–Crippen MR) is 48.6 cm³/mol. The number of aromatic nitrogens is 1. The topological polar surface area (TPSA) is 22.1 Å². The molecule has 0 aliphatic heterocycles. The average Bonchev–Trinajstić information content (AvgIpc) is 2.04. The Bertz CT molecular complexity index is 356. The molecule has 1 rings (SSSR count). The molecule has 0 aliphatic carbocycles. The van der Waals surface area contributed by atoms with Gasteiger partial charge < -0.3 is 4.74 Å². The van der Waals surface area contributed by atoms with E-state index in [2.05, 4.69) is 9.72 Å². The molecule has 0 amide bonds. The molecule has 0 saturated carbocycles. The summed E-state index contributed by atoms with van der Waals surface area (Å²) in [5.74, 6) is -1.74. The summed E-state index contributed by atoms with van der Waals surface area (Å²) >= 11 is 6.65. The molecule has 0 aliphatic rings. The van der Waals surface area contributed by atoms with Crippen molar-refractivity contribution >= 4 is 34.2 Å². The number of halogens is 6. The highest BCUT2D eigenvalue weighted by atomic mass is 127. The summed E-state index contributed by atoms with van der Waals surface area (Å²) in [5, 5.41) is -0.534. The van der Waals surface area contributed by atoms with Crippen molar-refractivity contribution in [3.63, 3.8) is 0 Å². The first-order valence-corrected chi connectivity index (χ1v) is 4.52. The minimum absolute atomic E-state index is 0.361. The Hall–Kier alpha value is -0.310. The molecule has 14 heavy (non-hydrogen) atoms. The monoisotopic (exact) mass is 341 g/mol. The first-order chi connectivity index (χ1) is 6.31. The highest BCUT2D eigenvalue weighted by Gasteiger charge is 2.34. The minimum atomic E-state index is -4.92. The lowest BCUT2D eigenvalue weighted by atomic mass is 10.4. The predicted octanol–water partition coefficient (Wildman–Crippen LogP) is 3.38. The molecule has 8 heteroatoms. The fraction of sp³-hybridized carbons (Fsp3) is 0.167. The van der Waals surface area contributed by atoms with Gasteiger partial charge >= 0.3 is 6.36 Å². The van der Waals surface area contributed by atoms with Gasteiger partial charge in [-0.2, -0.15) is 0 Å². The molecule has 1 aromatic heterocycles. The van der Waals surface area contributed by atoms with Crippen LogP contribution in [0.25, 0.3) is 0 Å². The maximum Gasteiger partial charge on any atom is 0.573 e. The molecule has 0 bridgehead atoms. The van der Waals surface area contributed by atoms with Gasteiger partial charge in [-0.1, -0.05) is 11.6 Å². The number of rotatable bonds is 1. The van der Waals surface area contributed by atoms with E-state index in [1.54, 1.807) is 0 Å². The van der Waals surface area contributed by atoms with Crippen LogP contribution in [0.2, 0.25) is 5.15 Å². The Morgan fingerprint density at radius 3 is 2.50 bits per heavy atom. The Kier molecular flexibility index (Phi) is 3.40. The Balaban J connectivity index is 3.13. The number of hydrogen-bond donors (Lipinski definition) is 0. The number of nitrogens with zero attached hydrogens (tertiary/aromatic N) is 1. The number of pyridine rings is 1. The first kappa shape index (κ1) is 11.8. The lowest BCUT2D eigenvalue weighted by Gasteiger charge is -2.11. The third kappa shape index (κ3) is 2.84. The fourth-order valence-corrected chi connectivity index (χ4v) is 1.48. The molecule has 0 spiro atoms. The molecule has 0 radical (unpaired) electrons. The molecule has 0 N–H and O–H groups in total. The van der Waals surface area contributed by atoms with Crippen molar-refractivity contribution in [2.24, 2.45) is 0 Å². The van der Waals surface area contributed by atoms with Crippen molar-refractivity contribution in [2.75, 3.05) is 0 Å². The van der Waals surface area contributed by atoms with Gasteiger partial charge in [-0.05, 0) is 22.6 Å². The van der Waals surface area contributed by atoms with Crippen molar-refractivity contribution in [2.45, 2.75) is 6.36 Å². The van der Waals surface area contributed by atoms with E-state index < -0.39 is 23.1 Å². The molecule has 0 unspecified atom stereocenters. The van der Waals surface area contributed by atoms with Crippen molar-refractivity contribution in [1.29, 1.82) is 0 Å². The van der Waals surface area contributed by atoms with Gasteiger partial charge in [0.2, 0.25) is 0 Å². The second kappa shape index (κ2) is 4.05. The first-order valence-electron chi connectivity index (χ1n) is 3.06. The van der Waals surface area contributed by atoms with E-state index >= 15 is 0 Å². The van der Waals surface area contributed by atoms with Crippen LogP contribution in [0, 0.1) is 9.39 Å². The summed E-state index contributed by atoms with van der Waals surface area (Å²) < 4.78 is 51.3. The average molecular weight is 341 g/mol. The summed E-state index contributed by atoms with van der Waals surface area (Å²) in [6, 6.07) is 0. The number of hydrogen-bond acceptors (Lipinski definition) is 2. The van der Waals surface area contributed by atoms with Crippen LogP contribution >= 0.6 is 34.2 Å². The summed E-state index contributed by atoms with van der Waals surface area (Å²) in [6.45, 7) is 0. The number of ether oxygens (including phenoxy) is 1. The van der Waals surface area contributed by atoms with Crippen LogP contribution in [-0.4, -0.2) is 11.3 Å². The largest absolute Gasteiger partial charge is 0.573 e. The van der Waals surface area contributed by atoms with E-state index in [0.717, 1.165) is 0 Å². The third-order valence-electron chi connectivity index (χ3n) is 1.11. The van der Waals surface area contributed by atoms with Gasteiger partial charge in [0.25, 0.3) is 0 Å². The van der Waals surface area contributed by atoms with Gasteiger partial charge in [-0.3, -0.25) is 0 Å². The van der Waals surface area contributed by atoms with E-state index in [0.29, 0.717) is 6.20 Å². The van der Waals surface area contributed by atoms with E-state index in [-0.39, 0.29) is 3.57 Å². The van der Waals surface area contributed by atoms with Crippen LogP contribution in [-0.2, 0) is 0 Å². The molecule has 78 valence electrons. The van der Waals surface area contributed by atoms with Gasteiger partial charge in [0.1, 0.15) is 0 Å². The van der Waals surface area contributed by atoms with Crippen molar-refractivity contribution < 1.29 is 22.3 Å². The van der Waals surface area contributed by atoms with Crippen molar-refractivity contribution in [3.8, 4) is 5.75 Å². The normalized spacial score (nSPS) is 11.6. The Labute approximate surface area is 94.4 Å². The van der Waals surface area contributed by atoms with Gasteiger partial charge in [0, 0.05) is 0 Å². The minimum Gasteiger partial charge on any atom is -0.401 e.